The Balaban J connectivity index is 1.82. The third kappa shape index (κ3) is 2.72. The Labute approximate surface area is 125 Å². The van der Waals surface area contributed by atoms with E-state index in [9.17, 15) is 4.79 Å². The fourth-order valence-corrected chi connectivity index (χ4v) is 2.73. The number of aromatic nitrogens is 2. The van der Waals surface area contributed by atoms with Crippen LogP contribution in [0.1, 0.15) is 34.6 Å². The number of aryl methyl sites for hydroxylation is 2. The summed E-state index contributed by atoms with van der Waals surface area (Å²) in [4.78, 5) is 12.2. The highest BCUT2D eigenvalue weighted by Crippen LogP contribution is 2.23. The van der Waals surface area contributed by atoms with Crippen LogP contribution < -0.4 is 5.32 Å². The maximum absolute atomic E-state index is 12.2. The molecule has 20 heavy (non-hydrogen) atoms. The van der Waals surface area contributed by atoms with Crippen LogP contribution in [0, 0.1) is 0 Å². The van der Waals surface area contributed by atoms with Gasteiger partial charge in [-0.3, -0.25) is 4.79 Å². The average Bonchev–Trinajstić information content (AvgIpc) is 2.49. The van der Waals surface area contributed by atoms with Gasteiger partial charge in [-0.1, -0.05) is 12.1 Å². The molecule has 5 heteroatoms. The molecule has 0 atom stereocenters. The lowest BCUT2D eigenvalue weighted by molar-refractivity contribution is 0.102. The molecule has 4 nitrogen and oxygen atoms in total. The number of hydrogen-bond donors (Lipinski definition) is 1. The van der Waals surface area contributed by atoms with Gasteiger partial charge in [0.15, 0.2) is 5.69 Å². The Morgan fingerprint density at radius 1 is 1.15 bits per heavy atom. The number of carbonyl (C=O) groups excluding carboxylic acids is 1. The van der Waals surface area contributed by atoms with Gasteiger partial charge in [0.1, 0.15) is 0 Å². The van der Waals surface area contributed by atoms with E-state index in [1.165, 1.54) is 0 Å². The van der Waals surface area contributed by atoms with Gasteiger partial charge in [-0.05, 0) is 65.4 Å². The van der Waals surface area contributed by atoms with Crippen molar-refractivity contribution in [1.82, 2.24) is 10.2 Å². The first-order valence-corrected chi connectivity index (χ1v) is 7.45. The Kier molecular flexibility index (Phi) is 3.78. The van der Waals surface area contributed by atoms with E-state index in [4.69, 9.17) is 0 Å². The number of amides is 1. The minimum absolute atomic E-state index is 0.224. The lowest BCUT2D eigenvalue weighted by atomic mass is 9.96. The molecule has 2 aromatic rings. The second kappa shape index (κ2) is 5.71. The summed E-state index contributed by atoms with van der Waals surface area (Å²) in [7, 11) is 0. The highest BCUT2D eigenvalue weighted by atomic mass is 79.9. The predicted molar refractivity (Wildman–Crippen MR) is 80.8 cm³/mol. The predicted octanol–water partition coefficient (Wildman–Crippen LogP) is 3.37. The van der Waals surface area contributed by atoms with Crippen molar-refractivity contribution in [3.63, 3.8) is 0 Å². The first-order valence-electron chi connectivity index (χ1n) is 6.65. The molecule has 3 rings (SSSR count). The van der Waals surface area contributed by atoms with Crippen molar-refractivity contribution >= 4 is 27.5 Å². The van der Waals surface area contributed by atoms with Crippen LogP contribution in [0.15, 0.2) is 34.8 Å². The van der Waals surface area contributed by atoms with Crippen molar-refractivity contribution in [3.8, 4) is 0 Å². The van der Waals surface area contributed by atoms with E-state index in [0.29, 0.717) is 5.69 Å². The van der Waals surface area contributed by atoms with Gasteiger partial charge in [0.25, 0.3) is 5.91 Å². The zero-order chi connectivity index (χ0) is 13.9. The molecule has 102 valence electrons. The Morgan fingerprint density at radius 3 is 2.80 bits per heavy atom. The summed E-state index contributed by atoms with van der Waals surface area (Å²) in [5.74, 6) is -0.224. The minimum atomic E-state index is -0.224. The number of carbonyl (C=O) groups is 1. The number of anilines is 1. The molecule has 1 aromatic carbocycles. The highest BCUT2D eigenvalue weighted by Gasteiger charge is 2.16. The third-order valence-electron chi connectivity index (χ3n) is 3.42. The van der Waals surface area contributed by atoms with Crippen LogP contribution in [0.4, 0.5) is 5.69 Å². The lowest BCUT2D eigenvalue weighted by Crippen LogP contribution is -2.17. The zero-order valence-corrected chi connectivity index (χ0v) is 12.5. The number of rotatable bonds is 2. The first-order chi connectivity index (χ1) is 9.74. The summed E-state index contributed by atoms with van der Waals surface area (Å²) in [5.41, 5.74) is 3.30. The molecule has 0 radical (unpaired) electrons. The molecule has 1 aliphatic rings. The van der Waals surface area contributed by atoms with E-state index in [2.05, 4.69) is 31.4 Å². The van der Waals surface area contributed by atoms with E-state index >= 15 is 0 Å². The van der Waals surface area contributed by atoms with E-state index in [0.717, 1.165) is 47.1 Å². The smallest absolute Gasteiger partial charge is 0.276 e. The van der Waals surface area contributed by atoms with Crippen LogP contribution in [-0.2, 0) is 12.8 Å². The summed E-state index contributed by atoms with van der Waals surface area (Å²) in [5, 5.41) is 11.1. The molecule has 1 heterocycles. The van der Waals surface area contributed by atoms with Gasteiger partial charge < -0.3 is 5.32 Å². The van der Waals surface area contributed by atoms with Crippen LogP contribution in [-0.4, -0.2) is 16.1 Å². The Hall–Kier alpha value is -1.75. The summed E-state index contributed by atoms with van der Waals surface area (Å²) in [6.45, 7) is 0. The Bertz CT molecular complexity index is 657. The SMILES string of the molecule is O=C(Nc1ccccc1Br)c1cc2c(nn1)CCCC2. The number of benzene rings is 1. The normalized spacial score (nSPS) is 13.7. The van der Waals surface area contributed by atoms with Gasteiger partial charge in [0, 0.05) is 4.47 Å². The van der Waals surface area contributed by atoms with E-state index in [-0.39, 0.29) is 5.91 Å². The van der Waals surface area contributed by atoms with E-state index in [1.807, 2.05) is 30.3 Å². The minimum Gasteiger partial charge on any atom is -0.320 e. The number of halogens is 1. The standard InChI is InChI=1S/C15H14BrN3O/c16-11-6-2-4-8-13(11)17-15(20)14-9-10-5-1-3-7-12(10)18-19-14/h2,4,6,8-9H,1,3,5,7H2,(H,17,20). The van der Waals surface area contributed by atoms with Gasteiger partial charge in [-0.2, -0.15) is 5.10 Å². The van der Waals surface area contributed by atoms with Gasteiger partial charge in [0.2, 0.25) is 0 Å². The number of para-hydroxylation sites is 1. The van der Waals surface area contributed by atoms with Crippen molar-refractivity contribution in [2.75, 3.05) is 5.32 Å². The third-order valence-corrected chi connectivity index (χ3v) is 4.12. The summed E-state index contributed by atoms with van der Waals surface area (Å²) in [6.07, 6.45) is 4.27. The van der Waals surface area contributed by atoms with Crippen molar-refractivity contribution in [3.05, 3.63) is 51.8 Å². The number of nitrogens with one attached hydrogen (secondary N) is 1. The van der Waals surface area contributed by atoms with Crippen LogP contribution in [0.3, 0.4) is 0 Å². The molecule has 0 fully saturated rings. The molecule has 0 spiro atoms. The maximum Gasteiger partial charge on any atom is 0.276 e. The van der Waals surface area contributed by atoms with E-state index < -0.39 is 0 Å². The topological polar surface area (TPSA) is 54.9 Å². The van der Waals surface area contributed by atoms with Gasteiger partial charge in [0.05, 0.1) is 11.4 Å². The Morgan fingerprint density at radius 2 is 1.95 bits per heavy atom. The maximum atomic E-state index is 12.2. The zero-order valence-electron chi connectivity index (χ0n) is 10.9. The second-order valence-corrected chi connectivity index (χ2v) is 5.70. The molecule has 0 aliphatic heterocycles. The molecule has 1 N–H and O–H groups in total. The van der Waals surface area contributed by atoms with Gasteiger partial charge >= 0.3 is 0 Å². The fraction of sp³-hybridized carbons (Fsp3) is 0.267. The first kappa shape index (κ1) is 13.2. The monoisotopic (exact) mass is 331 g/mol. The van der Waals surface area contributed by atoms with Gasteiger partial charge in [-0.25, -0.2) is 0 Å². The lowest BCUT2D eigenvalue weighted by Gasteiger charge is -2.14. The van der Waals surface area contributed by atoms with Crippen LogP contribution in [0.25, 0.3) is 0 Å². The van der Waals surface area contributed by atoms with Crippen LogP contribution in [0.5, 0.6) is 0 Å². The average molecular weight is 332 g/mol. The van der Waals surface area contributed by atoms with E-state index in [1.54, 1.807) is 0 Å². The second-order valence-electron chi connectivity index (χ2n) is 4.84. The van der Waals surface area contributed by atoms with Crippen molar-refractivity contribution < 1.29 is 4.79 Å². The summed E-state index contributed by atoms with van der Waals surface area (Å²) in [6, 6.07) is 9.37. The number of nitrogens with zero attached hydrogens (tertiary/aromatic N) is 2. The fourth-order valence-electron chi connectivity index (χ4n) is 2.35. The largest absolute Gasteiger partial charge is 0.320 e. The highest BCUT2D eigenvalue weighted by molar-refractivity contribution is 9.10. The molecule has 1 aromatic heterocycles. The van der Waals surface area contributed by atoms with Crippen molar-refractivity contribution in [1.29, 1.82) is 0 Å². The van der Waals surface area contributed by atoms with Crippen molar-refractivity contribution in [2.24, 2.45) is 0 Å². The molecular formula is C15H14BrN3O. The van der Waals surface area contributed by atoms with Crippen molar-refractivity contribution in [2.45, 2.75) is 25.7 Å². The molecule has 1 aliphatic carbocycles. The molecule has 0 unspecified atom stereocenters. The van der Waals surface area contributed by atoms with Gasteiger partial charge in [-0.15, -0.1) is 5.10 Å². The quantitative estimate of drug-likeness (QED) is 0.917. The molecular weight excluding hydrogens is 318 g/mol. The molecule has 0 saturated heterocycles. The summed E-state index contributed by atoms with van der Waals surface area (Å²) >= 11 is 3.41. The van der Waals surface area contributed by atoms with Crippen LogP contribution in [0.2, 0.25) is 0 Å². The molecule has 0 bridgehead atoms. The molecule has 0 saturated carbocycles. The number of fused-ring (bicyclic) bond motifs is 1. The van der Waals surface area contributed by atoms with Crippen LogP contribution >= 0.6 is 15.9 Å². The summed E-state index contributed by atoms with van der Waals surface area (Å²) < 4.78 is 0.847. The molecule has 1 amide bonds. The number of hydrogen-bond acceptors (Lipinski definition) is 3.